The van der Waals surface area contributed by atoms with Crippen molar-refractivity contribution in [3.05, 3.63) is 36.0 Å². The lowest BCUT2D eigenvalue weighted by Crippen LogP contribution is -2.37. The summed E-state index contributed by atoms with van der Waals surface area (Å²) >= 11 is 0.972. The van der Waals surface area contributed by atoms with Crippen LogP contribution in [0.1, 0.15) is 30.2 Å². The summed E-state index contributed by atoms with van der Waals surface area (Å²) in [6.07, 6.45) is 1.63. The van der Waals surface area contributed by atoms with Crippen molar-refractivity contribution in [2.45, 2.75) is 19.9 Å². The number of hydrogen-bond donors (Lipinski definition) is 1. The SMILES string of the molecule is CC(C)n1ncc2c(C(=O)NCCN3C(=O)CSC3=O)cc(-c3ccc4c(c3)OCCO4)nc21. The molecule has 2 aliphatic rings. The van der Waals surface area contributed by atoms with E-state index in [4.69, 9.17) is 14.5 Å². The highest BCUT2D eigenvalue weighted by molar-refractivity contribution is 8.14. The van der Waals surface area contributed by atoms with E-state index >= 15 is 0 Å². The molecule has 4 heterocycles. The van der Waals surface area contributed by atoms with Crippen molar-refractivity contribution in [3.63, 3.8) is 0 Å². The third kappa shape index (κ3) is 4.07. The number of aromatic nitrogens is 3. The lowest BCUT2D eigenvalue weighted by atomic mass is 10.1. The molecule has 3 amide bonds. The normalized spacial score (nSPS) is 15.4. The minimum absolute atomic E-state index is 0.0427. The molecule has 10 nitrogen and oxygen atoms in total. The molecule has 0 saturated carbocycles. The number of imide groups is 1. The summed E-state index contributed by atoms with van der Waals surface area (Å²) in [4.78, 5) is 42.7. The molecule has 0 atom stereocenters. The molecule has 3 aromatic rings. The highest BCUT2D eigenvalue weighted by Gasteiger charge is 2.29. The van der Waals surface area contributed by atoms with Gasteiger partial charge in [-0.25, -0.2) is 9.67 Å². The predicted molar refractivity (Wildman–Crippen MR) is 126 cm³/mol. The van der Waals surface area contributed by atoms with Crippen LogP contribution in [0.5, 0.6) is 11.5 Å². The highest BCUT2D eigenvalue weighted by Crippen LogP contribution is 2.35. The molecule has 0 bridgehead atoms. The van der Waals surface area contributed by atoms with Crippen LogP contribution in [-0.2, 0) is 4.79 Å². The van der Waals surface area contributed by atoms with Gasteiger partial charge in [0.1, 0.15) is 13.2 Å². The van der Waals surface area contributed by atoms with E-state index in [1.165, 1.54) is 0 Å². The maximum Gasteiger partial charge on any atom is 0.288 e. The summed E-state index contributed by atoms with van der Waals surface area (Å²) < 4.78 is 13.1. The van der Waals surface area contributed by atoms with E-state index in [0.29, 0.717) is 47.0 Å². The zero-order valence-electron chi connectivity index (χ0n) is 18.7. The molecule has 0 radical (unpaired) electrons. The minimum Gasteiger partial charge on any atom is -0.486 e. The van der Waals surface area contributed by atoms with Crippen molar-refractivity contribution in [3.8, 4) is 22.8 Å². The Morgan fingerprint density at radius 2 is 1.97 bits per heavy atom. The fourth-order valence-electron chi connectivity index (χ4n) is 3.91. The molecule has 0 aliphatic carbocycles. The van der Waals surface area contributed by atoms with Crippen LogP contribution in [0.3, 0.4) is 0 Å². The van der Waals surface area contributed by atoms with E-state index in [-0.39, 0.29) is 41.9 Å². The third-order valence-electron chi connectivity index (χ3n) is 5.60. The zero-order valence-corrected chi connectivity index (χ0v) is 19.6. The Morgan fingerprint density at radius 3 is 2.71 bits per heavy atom. The van der Waals surface area contributed by atoms with Crippen molar-refractivity contribution < 1.29 is 23.9 Å². The Balaban J connectivity index is 1.47. The van der Waals surface area contributed by atoms with Crippen LogP contribution >= 0.6 is 11.8 Å². The van der Waals surface area contributed by atoms with Gasteiger partial charge in [0.2, 0.25) is 5.91 Å². The predicted octanol–water partition coefficient (Wildman–Crippen LogP) is 2.88. The first-order valence-electron chi connectivity index (χ1n) is 11.0. The molecule has 1 N–H and O–H groups in total. The van der Waals surface area contributed by atoms with E-state index in [2.05, 4.69) is 10.4 Å². The zero-order chi connectivity index (χ0) is 23.8. The Bertz CT molecular complexity index is 1290. The molecular weight excluding hydrogens is 458 g/mol. The number of hydrogen-bond acceptors (Lipinski definition) is 8. The van der Waals surface area contributed by atoms with Gasteiger partial charge in [-0.3, -0.25) is 19.3 Å². The summed E-state index contributed by atoms with van der Waals surface area (Å²) in [5.74, 6) is 0.874. The number of ether oxygens (including phenoxy) is 2. The molecule has 11 heteroatoms. The van der Waals surface area contributed by atoms with Crippen LogP contribution in [0.25, 0.3) is 22.3 Å². The molecule has 1 aromatic carbocycles. The molecule has 0 spiro atoms. The molecule has 1 saturated heterocycles. The molecule has 34 heavy (non-hydrogen) atoms. The van der Waals surface area contributed by atoms with Gasteiger partial charge < -0.3 is 14.8 Å². The quantitative estimate of drug-likeness (QED) is 0.571. The number of pyridine rings is 1. The Labute approximate surface area is 199 Å². The molecule has 0 unspecified atom stereocenters. The maximum atomic E-state index is 13.2. The van der Waals surface area contributed by atoms with Crippen molar-refractivity contribution in [2.75, 3.05) is 32.1 Å². The van der Waals surface area contributed by atoms with Crippen LogP contribution in [-0.4, -0.2) is 68.8 Å². The number of fused-ring (bicyclic) bond motifs is 2. The molecule has 176 valence electrons. The molecule has 1 fully saturated rings. The number of benzene rings is 1. The average molecular weight is 482 g/mol. The number of nitrogens with one attached hydrogen (secondary N) is 1. The second-order valence-electron chi connectivity index (χ2n) is 8.19. The fraction of sp³-hybridized carbons (Fsp3) is 0.348. The van der Waals surface area contributed by atoms with Gasteiger partial charge >= 0.3 is 0 Å². The number of nitrogens with zero attached hydrogens (tertiary/aromatic N) is 4. The summed E-state index contributed by atoms with van der Waals surface area (Å²) in [7, 11) is 0. The maximum absolute atomic E-state index is 13.2. The van der Waals surface area contributed by atoms with E-state index in [1.807, 2.05) is 32.0 Å². The first kappa shape index (κ1) is 22.2. The summed E-state index contributed by atoms with van der Waals surface area (Å²) in [6, 6.07) is 7.32. The molecular formula is C23H23N5O5S. The Kier molecular flexibility index (Phi) is 5.86. The van der Waals surface area contributed by atoms with E-state index in [1.54, 1.807) is 16.9 Å². The van der Waals surface area contributed by atoms with Crippen LogP contribution in [0, 0.1) is 0 Å². The fourth-order valence-corrected chi connectivity index (χ4v) is 4.66. The number of thioether (sulfide) groups is 1. The van der Waals surface area contributed by atoms with Crippen molar-refractivity contribution >= 4 is 39.8 Å². The van der Waals surface area contributed by atoms with E-state index in [0.717, 1.165) is 22.2 Å². The summed E-state index contributed by atoms with van der Waals surface area (Å²) in [5.41, 5.74) is 2.38. The van der Waals surface area contributed by atoms with Gasteiger partial charge in [-0.15, -0.1) is 0 Å². The summed E-state index contributed by atoms with van der Waals surface area (Å²) in [5, 5.41) is 7.59. The highest BCUT2D eigenvalue weighted by atomic mass is 32.2. The number of carbonyl (C=O) groups is 3. The largest absolute Gasteiger partial charge is 0.486 e. The Morgan fingerprint density at radius 1 is 1.18 bits per heavy atom. The Hall–Kier alpha value is -3.60. The monoisotopic (exact) mass is 481 g/mol. The molecule has 2 aromatic heterocycles. The van der Waals surface area contributed by atoms with Crippen LogP contribution in [0.15, 0.2) is 30.5 Å². The number of amides is 3. The lowest BCUT2D eigenvalue weighted by molar-refractivity contribution is -0.124. The standard InChI is InChI=1S/C23H23N5O5S/c1-13(2)28-21-16(11-25-28)15(22(30)24-5-6-27-20(29)12-34-23(27)31)10-17(26-21)14-3-4-18-19(9-14)33-8-7-32-18/h3-4,9-11,13H,5-8,12H2,1-2H3,(H,24,30). The number of rotatable bonds is 6. The average Bonchev–Trinajstić information content (AvgIpc) is 3.41. The third-order valence-corrected chi connectivity index (χ3v) is 6.46. The van der Waals surface area contributed by atoms with E-state index < -0.39 is 0 Å². The minimum atomic E-state index is -0.332. The van der Waals surface area contributed by atoms with Gasteiger partial charge in [-0.2, -0.15) is 5.10 Å². The molecule has 5 rings (SSSR count). The first-order valence-corrected chi connectivity index (χ1v) is 11.9. The number of carbonyl (C=O) groups excluding carboxylic acids is 3. The summed E-state index contributed by atoms with van der Waals surface area (Å²) in [6.45, 7) is 5.24. The second-order valence-corrected chi connectivity index (χ2v) is 9.12. The van der Waals surface area contributed by atoms with Crippen molar-refractivity contribution in [1.29, 1.82) is 0 Å². The van der Waals surface area contributed by atoms with Gasteiger partial charge in [0, 0.05) is 24.7 Å². The van der Waals surface area contributed by atoms with Crippen LogP contribution in [0.2, 0.25) is 0 Å². The first-order chi connectivity index (χ1) is 16.4. The molecule has 2 aliphatic heterocycles. The van der Waals surface area contributed by atoms with Gasteiger partial charge in [0.25, 0.3) is 11.1 Å². The topological polar surface area (TPSA) is 116 Å². The van der Waals surface area contributed by atoms with E-state index in [9.17, 15) is 14.4 Å². The van der Waals surface area contributed by atoms with Crippen LogP contribution < -0.4 is 14.8 Å². The van der Waals surface area contributed by atoms with Crippen LogP contribution in [0.4, 0.5) is 4.79 Å². The smallest absolute Gasteiger partial charge is 0.288 e. The van der Waals surface area contributed by atoms with Crippen molar-refractivity contribution in [2.24, 2.45) is 0 Å². The van der Waals surface area contributed by atoms with Gasteiger partial charge in [-0.1, -0.05) is 11.8 Å². The van der Waals surface area contributed by atoms with Gasteiger partial charge in [-0.05, 0) is 38.1 Å². The lowest BCUT2D eigenvalue weighted by Gasteiger charge is -2.19. The van der Waals surface area contributed by atoms with Gasteiger partial charge in [0.05, 0.1) is 28.6 Å². The van der Waals surface area contributed by atoms with Crippen molar-refractivity contribution in [1.82, 2.24) is 25.0 Å². The second kappa shape index (κ2) is 8.98. The van der Waals surface area contributed by atoms with Gasteiger partial charge in [0.15, 0.2) is 17.1 Å².